The van der Waals surface area contributed by atoms with Crippen LogP contribution < -0.4 is 0 Å². The van der Waals surface area contributed by atoms with E-state index in [0.717, 1.165) is 10.5 Å². The van der Waals surface area contributed by atoms with E-state index in [1.807, 2.05) is 6.92 Å². The number of amides is 1. The number of allylic oxidation sites excluding steroid dienone is 1. The molecular formula is C13H21NO5. The zero-order valence-corrected chi connectivity index (χ0v) is 11.5. The van der Waals surface area contributed by atoms with Crippen LogP contribution in [0.5, 0.6) is 0 Å². The molecule has 19 heavy (non-hydrogen) atoms. The normalized spacial score (nSPS) is 11.5. The fraction of sp³-hybridized carbons (Fsp3) is 0.615. The van der Waals surface area contributed by atoms with Gasteiger partial charge in [0.25, 0.3) is 0 Å². The van der Waals surface area contributed by atoms with Crippen LogP contribution in [0.1, 0.15) is 40.0 Å². The number of aliphatic carboxylic acids is 2. The van der Waals surface area contributed by atoms with Gasteiger partial charge < -0.3 is 15.1 Å². The first kappa shape index (κ1) is 17.2. The van der Waals surface area contributed by atoms with Gasteiger partial charge in [0, 0.05) is 12.6 Å². The van der Waals surface area contributed by atoms with Crippen molar-refractivity contribution in [2.24, 2.45) is 0 Å². The molecule has 6 heteroatoms. The Morgan fingerprint density at radius 2 is 1.79 bits per heavy atom. The molecule has 0 spiro atoms. The van der Waals surface area contributed by atoms with Crippen LogP contribution in [0, 0.1) is 0 Å². The molecule has 0 rings (SSSR count). The van der Waals surface area contributed by atoms with Crippen LogP contribution in [0.3, 0.4) is 0 Å². The highest BCUT2D eigenvalue weighted by molar-refractivity contribution is 5.91. The van der Waals surface area contributed by atoms with Crippen LogP contribution in [-0.2, 0) is 14.4 Å². The van der Waals surface area contributed by atoms with Gasteiger partial charge in [-0.2, -0.15) is 0 Å². The third-order valence-corrected chi connectivity index (χ3v) is 2.49. The molecule has 0 fully saturated rings. The van der Waals surface area contributed by atoms with E-state index < -0.39 is 23.9 Å². The Bertz CT molecular complexity index is 371. The van der Waals surface area contributed by atoms with E-state index in [0.29, 0.717) is 12.8 Å². The lowest BCUT2D eigenvalue weighted by molar-refractivity contribution is -0.150. The number of hydrogen-bond donors (Lipinski definition) is 2. The minimum atomic E-state index is -1.11. The second-order valence-electron chi connectivity index (χ2n) is 4.54. The Morgan fingerprint density at radius 1 is 1.21 bits per heavy atom. The van der Waals surface area contributed by atoms with Crippen molar-refractivity contribution in [3.8, 4) is 0 Å². The molecule has 0 saturated heterocycles. The molecule has 0 radical (unpaired) electrons. The lowest BCUT2D eigenvalue weighted by atomic mass is 10.1. The number of nitrogens with zero attached hydrogens (tertiary/aromatic N) is 1. The molecule has 0 aliphatic heterocycles. The van der Waals surface area contributed by atoms with Gasteiger partial charge in [-0.1, -0.05) is 18.9 Å². The summed E-state index contributed by atoms with van der Waals surface area (Å²) >= 11 is 0. The SMILES string of the molecule is CCCC(C(=O)O)N(CCC(=O)O)C(=O)C=C(C)C. The zero-order valence-electron chi connectivity index (χ0n) is 11.5. The standard InChI is InChI=1S/C13H21NO5/c1-4-5-10(13(18)19)14(7-6-12(16)17)11(15)8-9(2)3/h8,10H,4-7H2,1-3H3,(H,16,17)(H,18,19). The van der Waals surface area contributed by atoms with Gasteiger partial charge in [-0.25, -0.2) is 4.79 Å². The first-order valence-electron chi connectivity index (χ1n) is 6.19. The van der Waals surface area contributed by atoms with Crippen molar-refractivity contribution in [1.82, 2.24) is 4.90 Å². The quantitative estimate of drug-likeness (QED) is 0.652. The van der Waals surface area contributed by atoms with Crippen molar-refractivity contribution in [3.05, 3.63) is 11.6 Å². The average molecular weight is 271 g/mol. The predicted molar refractivity (Wildman–Crippen MR) is 69.7 cm³/mol. The molecule has 0 aromatic carbocycles. The number of rotatable bonds is 8. The van der Waals surface area contributed by atoms with Gasteiger partial charge in [-0.3, -0.25) is 9.59 Å². The molecule has 0 heterocycles. The minimum absolute atomic E-state index is 0.102. The van der Waals surface area contributed by atoms with Gasteiger partial charge in [0.2, 0.25) is 5.91 Å². The smallest absolute Gasteiger partial charge is 0.326 e. The van der Waals surface area contributed by atoms with E-state index in [1.54, 1.807) is 13.8 Å². The van der Waals surface area contributed by atoms with Crippen molar-refractivity contribution < 1.29 is 24.6 Å². The van der Waals surface area contributed by atoms with Gasteiger partial charge in [-0.15, -0.1) is 0 Å². The number of carbonyl (C=O) groups excluding carboxylic acids is 1. The minimum Gasteiger partial charge on any atom is -0.481 e. The fourth-order valence-electron chi connectivity index (χ4n) is 1.65. The largest absolute Gasteiger partial charge is 0.481 e. The first-order valence-corrected chi connectivity index (χ1v) is 6.19. The molecule has 0 saturated carbocycles. The first-order chi connectivity index (χ1) is 8.79. The van der Waals surface area contributed by atoms with Gasteiger partial charge in [-0.05, 0) is 20.3 Å². The average Bonchev–Trinajstić information content (AvgIpc) is 2.26. The Balaban J connectivity index is 5.10. The van der Waals surface area contributed by atoms with E-state index in [4.69, 9.17) is 10.2 Å². The lowest BCUT2D eigenvalue weighted by Crippen LogP contribution is -2.45. The molecule has 0 aliphatic carbocycles. The van der Waals surface area contributed by atoms with Crippen molar-refractivity contribution in [2.45, 2.75) is 46.1 Å². The van der Waals surface area contributed by atoms with Crippen LogP contribution >= 0.6 is 0 Å². The van der Waals surface area contributed by atoms with Crippen molar-refractivity contribution in [1.29, 1.82) is 0 Å². The topological polar surface area (TPSA) is 94.9 Å². The molecule has 1 amide bonds. The summed E-state index contributed by atoms with van der Waals surface area (Å²) in [5.41, 5.74) is 0.742. The molecule has 0 aromatic rings. The number of hydrogen-bond acceptors (Lipinski definition) is 3. The van der Waals surface area contributed by atoms with Crippen molar-refractivity contribution in [3.63, 3.8) is 0 Å². The molecule has 1 unspecified atom stereocenters. The third kappa shape index (κ3) is 6.59. The lowest BCUT2D eigenvalue weighted by Gasteiger charge is -2.27. The Kier molecular flexibility index (Phi) is 7.48. The van der Waals surface area contributed by atoms with E-state index in [1.165, 1.54) is 6.08 Å². The highest BCUT2D eigenvalue weighted by Crippen LogP contribution is 2.11. The van der Waals surface area contributed by atoms with Crippen molar-refractivity contribution >= 4 is 17.8 Å². The molecule has 2 N–H and O–H groups in total. The summed E-state index contributed by atoms with van der Waals surface area (Å²) < 4.78 is 0. The van der Waals surface area contributed by atoms with Crippen molar-refractivity contribution in [2.75, 3.05) is 6.54 Å². The summed E-state index contributed by atoms with van der Waals surface area (Å²) in [6.45, 7) is 5.16. The summed E-state index contributed by atoms with van der Waals surface area (Å²) in [6.07, 6.45) is 1.96. The number of carbonyl (C=O) groups is 3. The van der Waals surface area contributed by atoms with E-state index >= 15 is 0 Å². The maximum absolute atomic E-state index is 12.0. The summed E-state index contributed by atoms with van der Waals surface area (Å²) in [5.74, 6) is -2.62. The highest BCUT2D eigenvalue weighted by atomic mass is 16.4. The number of carboxylic acids is 2. The molecule has 0 bridgehead atoms. The predicted octanol–water partition coefficient (Wildman–Crippen LogP) is 1.51. The Morgan fingerprint density at radius 3 is 2.16 bits per heavy atom. The molecule has 0 aromatic heterocycles. The maximum Gasteiger partial charge on any atom is 0.326 e. The van der Waals surface area contributed by atoms with Gasteiger partial charge in [0.05, 0.1) is 6.42 Å². The molecule has 6 nitrogen and oxygen atoms in total. The fourth-order valence-corrected chi connectivity index (χ4v) is 1.65. The maximum atomic E-state index is 12.0. The Labute approximate surface area is 112 Å². The molecule has 108 valence electrons. The van der Waals surface area contributed by atoms with Crippen LogP contribution in [0.2, 0.25) is 0 Å². The summed E-state index contributed by atoms with van der Waals surface area (Å²) in [6, 6.07) is -0.979. The second-order valence-corrected chi connectivity index (χ2v) is 4.54. The van der Waals surface area contributed by atoms with Gasteiger partial charge in [0.15, 0.2) is 0 Å². The van der Waals surface area contributed by atoms with Gasteiger partial charge in [0.1, 0.15) is 6.04 Å². The molecule has 0 aliphatic rings. The summed E-state index contributed by atoms with van der Waals surface area (Å²) in [7, 11) is 0. The summed E-state index contributed by atoms with van der Waals surface area (Å²) in [5, 5.41) is 17.8. The van der Waals surface area contributed by atoms with E-state index in [9.17, 15) is 14.4 Å². The van der Waals surface area contributed by atoms with Crippen LogP contribution in [-0.4, -0.2) is 45.5 Å². The van der Waals surface area contributed by atoms with E-state index in [2.05, 4.69) is 0 Å². The Hall–Kier alpha value is -1.85. The van der Waals surface area contributed by atoms with Crippen LogP contribution in [0.25, 0.3) is 0 Å². The molecule has 1 atom stereocenters. The number of carboxylic acid groups (broad SMARTS) is 2. The molecular weight excluding hydrogens is 250 g/mol. The highest BCUT2D eigenvalue weighted by Gasteiger charge is 2.28. The van der Waals surface area contributed by atoms with Gasteiger partial charge >= 0.3 is 11.9 Å². The monoisotopic (exact) mass is 271 g/mol. The zero-order chi connectivity index (χ0) is 15.0. The van der Waals surface area contributed by atoms with Crippen LogP contribution in [0.15, 0.2) is 11.6 Å². The second kappa shape index (κ2) is 8.29. The van der Waals surface area contributed by atoms with E-state index in [-0.39, 0.29) is 13.0 Å². The third-order valence-electron chi connectivity index (χ3n) is 2.49. The van der Waals surface area contributed by atoms with Crippen LogP contribution in [0.4, 0.5) is 0 Å². The summed E-state index contributed by atoms with van der Waals surface area (Å²) in [4.78, 5) is 34.9.